The first kappa shape index (κ1) is 14.6. The van der Waals surface area contributed by atoms with E-state index >= 15 is 0 Å². The fourth-order valence-corrected chi connectivity index (χ4v) is 3.18. The number of nitrogens with one attached hydrogen (secondary N) is 1. The Morgan fingerprint density at radius 2 is 1.84 bits per heavy atom. The predicted molar refractivity (Wildman–Crippen MR) is 79.9 cm³/mol. The van der Waals surface area contributed by atoms with E-state index in [1.165, 1.54) is 45.2 Å². The largest absolute Gasteiger partial charge is 0.342 e. The van der Waals surface area contributed by atoms with Crippen LogP contribution < -0.4 is 11.3 Å². The first-order chi connectivity index (χ1) is 9.35. The van der Waals surface area contributed by atoms with Crippen LogP contribution in [0.2, 0.25) is 0 Å². The minimum absolute atomic E-state index is 0.779. The Hall–Kier alpha value is -0.810. The molecule has 2 saturated heterocycles. The fourth-order valence-electron chi connectivity index (χ4n) is 3.18. The summed E-state index contributed by atoms with van der Waals surface area (Å²) in [5.41, 5.74) is 2.76. The van der Waals surface area contributed by atoms with Gasteiger partial charge in [0.25, 0.3) is 0 Å². The third-order valence-corrected chi connectivity index (χ3v) is 4.29. The van der Waals surface area contributed by atoms with Crippen LogP contribution in [0.15, 0.2) is 4.99 Å². The van der Waals surface area contributed by atoms with E-state index in [1.807, 2.05) is 0 Å². The Morgan fingerprint density at radius 3 is 2.42 bits per heavy atom. The van der Waals surface area contributed by atoms with Gasteiger partial charge in [-0.1, -0.05) is 13.3 Å². The number of hydrogen-bond donors (Lipinski definition) is 2. The van der Waals surface area contributed by atoms with Crippen molar-refractivity contribution in [2.24, 2.45) is 10.8 Å². The quantitative estimate of drug-likeness (QED) is 0.349. The van der Waals surface area contributed by atoms with Crippen molar-refractivity contribution in [3.8, 4) is 0 Å². The Balaban J connectivity index is 1.80. The van der Waals surface area contributed by atoms with Crippen LogP contribution in [0.4, 0.5) is 0 Å². The molecule has 0 unspecified atom stereocenters. The topological polar surface area (TPSA) is 56.9 Å². The van der Waals surface area contributed by atoms with Gasteiger partial charge in [-0.15, -0.1) is 0 Å². The number of nitrogens with two attached hydrogens (primary N) is 1. The number of aliphatic imine (C=N–C) groups is 1. The van der Waals surface area contributed by atoms with Gasteiger partial charge in [0.15, 0.2) is 0 Å². The standard InChI is InChI=1S/C14H29N5/c1-2-8-16-14(17-15)19-11-6-13(7-12-19)18-9-4-3-5-10-18/h13H,2-12,15H2,1H3,(H,16,17). The number of nitrogens with zero attached hydrogens (tertiary/aromatic N) is 3. The average Bonchev–Trinajstić information content (AvgIpc) is 2.49. The van der Waals surface area contributed by atoms with Crippen LogP contribution in [0, 0.1) is 0 Å². The maximum absolute atomic E-state index is 5.59. The second-order valence-corrected chi connectivity index (χ2v) is 5.66. The zero-order valence-corrected chi connectivity index (χ0v) is 12.3. The van der Waals surface area contributed by atoms with Crippen molar-refractivity contribution in [2.45, 2.75) is 51.5 Å². The SMILES string of the molecule is CCCN=C(NN)N1CCC(N2CCCCC2)CC1. The van der Waals surface area contributed by atoms with Gasteiger partial charge in [0.1, 0.15) is 0 Å². The molecule has 0 atom stereocenters. The summed E-state index contributed by atoms with van der Waals surface area (Å²) in [6.45, 7) is 7.75. The highest BCUT2D eigenvalue weighted by Crippen LogP contribution is 2.20. The summed E-state index contributed by atoms with van der Waals surface area (Å²) >= 11 is 0. The molecule has 2 rings (SSSR count). The number of guanidine groups is 1. The lowest BCUT2D eigenvalue weighted by Crippen LogP contribution is -2.52. The molecule has 0 spiro atoms. The third kappa shape index (κ3) is 4.08. The van der Waals surface area contributed by atoms with Crippen LogP contribution in [-0.2, 0) is 0 Å². The molecule has 19 heavy (non-hydrogen) atoms. The van der Waals surface area contributed by atoms with E-state index in [2.05, 4.69) is 27.1 Å². The molecule has 2 heterocycles. The van der Waals surface area contributed by atoms with Crippen molar-refractivity contribution in [1.29, 1.82) is 0 Å². The Kier molecular flexibility index (Phi) is 5.92. The summed E-state index contributed by atoms with van der Waals surface area (Å²) in [4.78, 5) is 9.51. The van der Waals surface area contributed by atoms with E-state index in [0.29, 0.717) is 0 Å². The molecule has 0 amide bonds. The van der Waals surface area contributed by atoms with Gasteiger partial charge in [0.2, 0.25) is 5.96 Å². The highest BCUT2D eigenvalue weighted by molar-refractivity contribution is 5.79. The summed E-state index contributed by atoms with van der Waals surface area (Å²) in [5, 5.41) is 0. The van der Waals surface area contributed by atoms with E-state index in [4.69, 9.17) is 5.84 Å². The molecule has 0 saturated carbocycles. The minimum Gasteiger partial charge on any atom is -0.342 e. The molecular formula is C14H29N5. The average molecular weight is 267 g/mol. The molecular weight excluding hydrogens is 238 g/mol. The zero-order chi connectivity index (χ0) is 13.5. The van der Waals surface area contributed by atoms with Crippen molar-refractivity contribution >= 4 is 5.96 Å². The van der Waals surface area contributed by atoms with Crippen molar-refractivity contribution in [2.75, 3.05) is 32.7 Å². The number of likely N-dealkylation sites (tertiary alicyclic amines) is 2. The molecule has 3 N–H and O–H groups in total. The number of hydrazine groups is 1. The first-order valence-electron chi connectivity index (χ1n) is 7.85. The van der Waals surface area contributed by atoms with Gasteiger partial charge in [-0.2, -0.15) is 0 Å². The normalized spacial score (nSPS) is 23.7. The van der Waals surface area contributed by atoms with Crippen molar-refractivity contribution in [3.63, 3.8) is 0 Å². The molecule has 0 bridgehead atoms. The van der Waals surface area contributed by atoms with Crippen LogP contribution in [0.1, 0.15) is 45.4 Å². The lowest BCUT2D eigenvalue weighted by Gasteiger charge is -2.40. The van der Waals surface area contributed by atoms with E-state index in [1.54, 1.807) is 0 Å². The van der Waals surface area contributed by atoms with E-state index in [-0.39, 0.29) is 0 Å². The second-order valence-electron chi connectivity index (χ2n) is 5.66. The minimum atomic E-state index is 0.779. The molecule has 2 fully saturated rings. The Labute approximate surface area is 117 Å². The molecule has 0 aliphatic carbocycles. The molecule has 110 valence electrons. The lowest BCUT2D eigenvalue weighted by atomic mass is 10.00. The lowest BCUT2D eigenvalue weighted by molar-refractivity contribution is 0.114. The molecule has 5 heteroatoms. The van der Waals surface area contributed by atoms with Gasteiger partial charge in [-0.3, -0.25) is 10.4 Å². The van der Waals surface area contributed by atoms with E-state index in [9.17, 15) is 0 Å². The zero-order valence-electron chi connectivity index (χ0n) is 12.3. The fraction of sp³-hybridized carbons (Fsp3) is 0.929. The molecule has 5 nitrogen and oxygen atoms in total. The number of piperidine rings is 2. The number of rotatable bonds is 3. The third-order valence-electron chi connectivity index (χ3n) is 4.29. The molecule has 2 aliphatic rings. The summed E-state index contributed by atoms with van der Waals surface area (Å²) in [6.07, 6.45) is 7.73. The van der Waals surface area contributed by atoms with Gasteiger partial charge in [-0.25, -0.2) is 5.84 Å². The van der Waals surface area contributed by atoms with Gasteiger partial charge in [-0.05, 0) is 45.2 Å². The maximum Gasteiger partial charge on any atom is 0.208 e. The summed E-state index contributed by atoms with van der Waals surface area (Å²) in [7, 11) is 0. The molecule has 0 aromatic rings. The summed E-state index contributed by atoms with van der Waals surface area (Å²) in [6, 6.07) is 0.779. The van der Waals surface area contributed by atoms with E-state index in [0.717, 1.165) is 38.1 Å². The smallest absolute Gasteiger partial charge is 0.208 e. The Bertz CT molecular complexity index is 278. The van der Waals surface area contributed by atoms with Crippen molar-refractivity contribution in [1.82, 2.24) is 15.2 Å². The molecule has 2 aliphatic heterocycles. The van der Waals surface area contributed by atoms with Crippen LogP contribution in [0.25, 0.3) is 0 Å². The highest BCUT2D eigenvalue weighted by atomic mass is 15.4. The van der Waals surface area contributed by atoms with Gasteiger partial charge in [0, 0.05) is 25.7 Å². The van der Waals surface area contributed by atoms with Crippen LogP contribution in [0.5, 0.6) is 0 Å². The molecule has 0 aromatic carbocycles. The number of hydrogen-bond acceptors (Lipinski definition) is 3. The monoisotopic (exact) mass is 267 g/mol. The Morgan fingerprint density at radius 1 is 1.16 bits per heavy atom. The van der Waals surface area contributed by atoms with Gasteiger partial charge >= 0.3 is 0 Å². The van der Waals surface area contributed by atoms with Crippen LogP contribution in [-0.4, -0.2) is 54.5 Å². The highest BCUT2D eigenvalue weighted by Gasteiger charge is 2.26. The van der Waals surface area contributed by atoms with Crippen LogP contribution in [0.3, 0.4) is 0 Å². The first-order valence-corrected chi connectivity index (χ1v) is 7.85. The summed E-state index contributed by atoms with van der Waals surface area (Å²) < 4.78 is 0. The van der Waals surface area contributed by atoms with E-state index < -0.39 is 0 Å². The van der Waals surface area contributed by atoms with Crippen LogP contribution >= 0.6 is 0 Å². The van der Waals surface area contributed by atoms with Crippen molar-refractivity contribution in [3.05, 3.63) is 0 Å². The van der Waals surface area contributed by atoms with Crippen molar-refractivity contribution < 1.29 is 0 Å². The molecule has 0 radical (unpaired) electrons. The predicted octanol–water partition coefficient (Wildman–Crippen LogP) is 1.17. The maximum atomic E-state index is 5.59. The second kappa shape index (κ2) is 7.70. The van der Waals surface area contributed by atoms with Gasteiger partial charge in [0.05, 0.1) is 0 Å². The molecule has 0 aromatic heterocycles. The summed E-state index contributed by atoms with van der Waals surface area (Å²) in [5.74, 6) is 6.46. The van der Waals surface area contributed by atoms with Gasteiger partial charge < -0.3 is 9.80 Å².